The molecule has 0 atom stereocenters. The van der Waals surface area contributed by atoms with Crippen molar-refractivity contribution in [1.29, 1.82) is 0 Å². The highest BCUT2D eigenvalue weighted by atomic mass is 32.1. The van der Waals surface area contributed by atoms with Gasteiger partial charge in [-0.05, 0) is 18.3 Å². The first kappa shape index (κ1) is 19.7. The molecule has 1 aromatic carbocycles. The van der Waals surface area contributed by atoms with Gasteiger partial charge in [-0.15, -0.1) is 0 Å². The van der Waals surface area contributed by atoms with Crippen molar-refractivity contribution in [1.82, 2.24) is 14.9 Å². The molecular weight excluding hydrogens is 382 g/mol. The molecular formula is C14H13N5O7S. The normalized spacial score (nSPS) is 10.9. The van der Waals surface area contributed by atoms with Crippen LogP contribution in [0.3, 0.4) is 0 Å². The predicted octanol–water partition coefficient (Wildman–Crippen LogP) is 0.823. The highest BCUT2D eigenvalue weighted by molar-refractivity contribution is 7.71. The number of ether oxygens (including phenoxy) is 1. The first-order chi connectivity index (χ1) is 12.7. The van der Waals surface area contributed by atoms with Crippen molar-refractivity contribution in [3.8, 4) is 11.5 Å². The molecule has 2 rings (SSSR count). The summed E-state index contributed by atoms with van der Waals surface area (Å²) in [6.07, 6.45) is 0.660. The molecule has 2 aromatic rings. The number of benzene rings is 1. The van der Waals surface area contributed by atoms with E-state index in [-0.39, 0.29) is 34.6 Å². The standard InChI is InChI=1S/C14H13N5O7S/c1-26-10-5-7(4-9(12(10)22)19(24)25)6-15-18-13(23)8(2-3-11(20)21)16-17-14(18)27/h4-6,22H,2-3H2,1H3,(H,17,27)(H,20,21)/b15-6-. The summed E-state index contributed by atoms with van der Waals surface area (Å²) in [5.41, 5.74) is -1.26. The molecule has 0 aliphatic heterocycles. The Labute approximate surface area is 155 Å². The number of carboxylic acid groups (broad SMARTS) is 1. The van der Waals surface area contributed by atoms with Crippen LogP contribution in [0.1, 0.15) is 17.7 Å². The average molecular weight is 395 g/mol. The molecule has 27 heavy (non-hydrogen) atoms. The van der Waals surface area contributed by atoms with Gasteiger partial charge >= 0.3 is 11.7 Å². The number of H-pyrrole nitrogens is 1. The van der Waals surface area contributed by atoms with Gasteiger partial charge in [-0.1, -0.05) is 0 Å². The van der Waals surface area contributed by atoms with Crippen LogP contribution in [-0.2, 0) is 11.2 Å². The summed E-state index contributed by atoms with van der Waals surface area (Å²) in [4.78, 5) is 33.2. The fourth-order valence-corrected chi connectivity index (χ4v) is 2.20. The number of carboxylic acids is 1. The van der Waals surface area contributed by atoms with Gasteiger partial charge in [0.2, 0.25) is 10.5 Å². The van der Waals surface area contributed by atoms with Gasteiger partial charge in [-0.25, -0.2) is 0 Å². The summed E-state index contributed by atoms with van der Waals surface area (Å²) in [5.74, 6) is -1.90. The van der Waals surface area contributed by atoms with Crippen molar-refractivity contribution in [2.45, 2.75) is 12.8 Å². The largest absolute Gasteiger partial charge is 0.500 e. The number of carbonyl (C=O) groups is 1. The lowest BCUT2D eigenvalue weighted by atomic mass is 10.2. The Bertz CT molecular complexity index is 1040. The molecule has 0 saturated carbocycles. The third kappa shape index (κ3) is 4.52. The summed E-state index contributed by atoms with van der Waals surface area (Å²) in [7, 11) is 1.22. The second kappa shape index (κ2) is 8.18. The van der Waals surface area contributed by atoms with Gasteiger partial charge in [-0.2, -0.15) is 14.9 Å². The smallest absolute Gasteiger partial charge is 0.315 e. The summed E-state index contributed by atoms with van der Waals surface area (Å²) in [6.45, 7) is 0. The fraction of sp³-hybridized carbons (Fsp3) is 0.214. The molecule has 0 aliphatic rings. The zero-order valence-electron chi connectivity index (χ0n) is 13.8. The van der Waals surface area contributed by atoms with Crippen LogP contribution in [0.5, 0.6) is 11.5 Å². The van der Waals surface area contributed by atoms with Crippen molar-refractivity contribution in [3.05, 3.63) is 48.6 Å². The molecule has 1 aromatic heterocycles. The Morgan fingerprint density at radius 1 is 1.56 bits per heavy atom. The summed E-state index contributed by atoms with van der Waals surface area (Å²) in [6, 6.07) is 2.31. The second-order valence-corrected chi connectivity index (χ2v) is 5.47. The number of rotatable bonds is 7. The molecule has 0 spiro atoms. The second-order valence-electron chi connectivity index (χ2n) is 5.08. The minimum atomic E-state index is -1.10. The monoisotopic (exact) mass is 395 g/mol. The number of nitro benzene ring substituents is 1. The van der Waals surface area contributed by atoms with E-state index in [9.17, 15) is 24.8 Å². The van der Waals surface area contributed by atoms with Gasteiger partial charge in [0.15, 0.2) is 5.75 Å². The van der Waals surface area contributed by atoms with Crippen molar-refractivity contribution in [3.63, 3.8) is 0 Å². The van der Waals surface area contributed by atoms with Crippen LogP contribution < -0.4 is 10.3 Å². The number of aryl methyl sites for hydroxylation is 1. The van der Waals surface area contributed by atoms with Crippen molar-refractivity contribution in [2.75, 3.05) is 7.11 Å². The first-order valence-corrected chi connectivity index (χ1v) is 7.67. The maximum atomic E-state index is 12.3. The van der Waals surface area contributed by atoms with Gasteiger partial charge in [0, 0.05) is 18.1 Å². The molecule has 0 unspecified atom stereocenters. The van der Waals surface area contributed by atoms with Gasteiger partial charge in [0.25, 0.3) is 5.56 Å². The number of nitrogens with one attached hydrogen (secondary N) is 1. The Morgan fingerprint density at radius 3 is 2.85 bits per heavy atom. The van der Waals surface area contributed by atoms with E-state index in [0.29, 0.717) is 0 Å². The molecule has 0 bridgehead atoms. The van der Waals surface area contributed by atoms with Crippen LogP contribution in [0, 0.1) is 14.9 Å². The molecule has 12 nitrogen and oxygen atoms in total. The Kier molecular flexibility index (Phi) is 5.97. The molecule has 0 saturated heterocycles. The number of hydrogen-bond acceptors (Lipinski definition) is 9. The van der Waals surface area contributed by atoms with E-state index in [1.54, 1.807) is 0 Å². The zero-order valence-corrected chi connectivity index (χ0v) is 14.6. The van der Waals surface area contributed by atoms with E-state index in [4.69, 9.17) is 22.1 Å². The van der Waals surface area contributed by atoms with Crippen molar-refractivity contribution in [2.24, 2.45) is 5.10 Å². The number of aromatic amines is 1. The third-order valence-corrected chi connectivity index (χ3v) is 3.57. The van der Waals surface area contributed by atoms with Crippen molar-refractivity contribution >= 4 is 30.1 Å². The van der Waals surface area contributed by atoms with Crippen LogP contribution in [0.15, 0.2) is 22.0 Å². The number of aromatic hydroxyl groups is 1. The van der Waals surface area contributed by atoms with Gasteiger partial charge < -0.3 is 14.9 Å². The fourth-order valence-electron chi connectivity index (χ4n) is 2.03. The number of nitrogens with zero attached hydrogens (tertiary/aromatic N) is 4. The van der Waals surface area contributed by atoms with Gasteiger partial charge in [0.05, 0.1) is 24.7 Å². The van der Waals surface area contributed by atoms with Crippen LogP contribution in [0.2, 0.25) is 0 Å². The minimum absolute atomic E-state index is 0.0857. The quantitative estimate of drug-likeness (QED) is 0.265. The Morgan fingerprint density at radius 2 is 2.26 bits per heavy atom. The lowest BCUT2D eigenvalue weighted by Crippen LogP contribution is -2.25. The van der Waals surface area contributed by atoms with E-state index in [2.05, 4.69) is 15.3 Å². The molecule has 0 radical (unpaired) electrons. The van der Waals surface area contributed by atoms with Crippen molar-refractivity contribution < 1.29 is 24.7 Å². The summed E-state index contributed by atoms with van der Waals surface area (Å²) in [5, 5.41) is 39.4. The molecule has 1 heterocycles. The number of methoxy groups -OCH3 is 1. The number of phenols is 1. The molecule has 142 valence electrons. The van der Waals surface area contributed by atoms with E-state index < -0.39 is 27.9 Å². The molecule has 13 heteroatoms. The number of nitro groups is 1. The molecule has 3 N–H and O–H groups in total. The molecule has 0 fully saturated rings. The molecule has 0 aliphatic carbocycles. The van der Waals surface area contributed by atoms with E-state index in [1.165, 1.54) is 13.2 Å². The third-order valence-electron chi connectivity index (χ3n) is 3.31. The Hall–Kier alpha value is -3.61. The molecule has 0 amide bonds. The minimum Gasteiger partial charge on any atom is -0.500 e. The topological polar surface area (TPSA) is 173 Å². The lowest BCUT2D eigenvalue weighted by Gasteiger charge is -2.05. The highest BCUT2D eigenvalue weighted by Gasteiger charge is 2.19. The van der Waals surface area contributed by atoms with E-state index in [0.717, 1.165) is 17.0 Å². The summed E-state index contributed by atoms with van der Waals surface area (Å²) >= 11 is 4.93. The van der Waals surface area contributed by atoms with E-state index >= 15 is 0 Å². The van der Waals surface area contributed by atoms with Crippen LogP contribution in [0.25, 0.3) is 0 Å². The van der Waals surface area contributed by atoms with Crippen LogP contribution >= 0.6 is 12.2 Å². The number of phenolic OH excluding ortho intramolecular Hbond substituents is 1. The predicted molar refractivity (Wildman–Crippen MR) is 93.9 cm³/mol. The lowest BCUT2D eigenvalue weighted by molar-refractivity contribution is -0.386. The Balaban J connectivity index is 2.46. The highest BCUT2D eigenvalue weighted by Crippen LogP contribution is 2.36. The summed E-state index contributed by atoms with van der Waals surface area (Å²) < 4.78 is 5.48. The van der Waals surface area contributed by atoms with Gasteiger partial charge in [-0.3, -0.25) is 24.8 Å². The number of aliphatic carboxylic acids is 1. The van der Waals surface area contributed by atoms with Crippen LogP contribution in [0.4, 0.5) is 5.69 Å². The SMILES string of the molecule is COc1cc(/C=N\n2c(=S)[nH]nc(CCC(=O)O)c2=O)cc([N+](=O)[O-])c1O. The first-order valence-electron chi connectivity index (χ1n) is 7.26. The number of hydrogen-bond donors (Lipinski definition) is 3. The average Bonchev–Trinajstić information content (AvgIpc) is 2.61. The zero-order chi connectivity index (χ0) is 20.1. The number of aromatic nitrogens is 3. The van der Waals surface area contributed by atoms with Crippen LogP contribution in [-0.4, -0.2) is 49.3 Å². The van der Waals surface area contributed by atoms with E-state index in [1.807, 2.05) is 0 Å². The van der Waals surface area contributed by atoms with Gasteiger partial charge in [0.1, 0.15) is 5.69 Å². The maximum Gasteiger partial charge on any atom is 0.315 e. The maximum absolute atomic E-state index is 12.3.